The number of benzene rings is 1. The van der Waals surface area contributed by atoms with Gasteiger partial charge in [0.15, 0.2) is 0 Å². The molecule has 0 radical (unpaired) electrons. The minimum Gasteiger partial charge on any atom is -0.472 e. The Balaban J connectivity index is 2.02. The van der Waals surface area contributed by atoms with Crippen LogP contribution in [0.3, 0.4) is 0 Å². The third-order valence-corrected chi connectivity index (χ3v) is 2.55. The number of nitrogens with zero attached hydrogens (tertiary/aromatic N) is 2. The average Bonchev–Trinajstić information content (AvgIpc) is 2.38. The molecular formula is C14H16N2O. The maximum absolute atomic E-state index is 5.61. The molecule has 2 rings (SSSR count). The quantitative estimate of drug-likeness (QED) is 0.806. The summed E-state index contributed by atoms with van der Waals surface area (Å²) in [6.45, 7) is 4.77. The fourth-order valence-electron chi connectivity index (χ4n) is 1.48. The molecule has 1 aromatic heterocycles. The van der Waals surface area contributed by atoms with Gasteiger partial charge >= 0.3 is 0 Å². The monoisotopic (exact) mass is 228 g/mol. The Labute approximate surface area is 101 Å². The predicted molar refractivity (Wildman–Crippen MR) is 66.9 cm³/mol. The maximum atomic E-state index is 5.61. The van der Waals surface area contributed by atoms with Gasteiger partial charge in [0.25, 0.3) is 0 Å². The molecule has 0 N–H and O–H groups in total. The SMILES string of the molecule is CC(C)c1cnnc(OCc2ccccc2)c1. The second-order valence-corrected chi connectivity index (χ2v) is 4.26. The summed E-state index contributed by atoms with van der Waals surface area (Å²) in [5.74, 6) is 1.02. The van der Waals surface area contributed by atoms with Crippen LogP contribution < -0.4 is 4.74 Å². The van der Waals surface area contributed by atoms with Crippen molar-refractivity contribution in [1.82, 2.24) is 10.2 Å². The Morgan fingerprint density at radius 3 is 2.65 bits per heavy atom. The summed E-state index contributed by atoms with van der Waals surface area (Å²) in [5, 5.41) is 7.91. The molecule has 1 aromatic carbocycles. The lowest BCUT2D eigenvalue weighted by molar-refractivity contribution is 0.289. The fraction of sp³-hybridized carbons (Fsp3) is 0.286. The van der Waals surface area contributed by atoms with E-state index in [1.54, 1.807) is 6.20 Å². The van der Waals surface area contributed by atoms with Crippen molar-refractivity contribution in [3.05, 3.63) is 53.7 Å². The Morgan fingerprint density at radius 2 is 1.94 bits per heavy atom. The highest BCUT2D eigenvalue weighted by Gasteiger charge is 2.03. The van der Waals surface area contributed by atoms with Crippen molar-refractivity contribution in [2.45, 2.75) is 26.4 Å². The molecule has 3 nitrogen and oxygen atoms in total. The van der Waals surface area contributed by atoms with Gasteiger partial charge in [0, 0.05) is 6.07 Å². The molecule has 0 atom stereocenters. The highest BCUT2D eigenvalue weighted by atomic mass is 16.5. The molecule has 0 fully saturated rings. The first kappa shape index (κ1) is 11.6. The van der Waals surface area contributed by atoms with Crippen LogP contribution in [0.25, 0.3) is 0 Å². The minimum atomic E-state index is 0.435. The Bertz CT molecular complexity index is 469. The highest BCUT2D eigenvalue weighted by molar-refractivity contribution is 5.20. The third-order valence-electron chi connectivity index (χ3n) is 2.55. The van der Waals surface area contributed by atoms with Crippen molar-refractivity contribution in [3.8, 4) is 5.88 Å². The molecule has 0 saturated carbocycles. The van der Waals surface area contributed by atoms with Gasteiger partial charge < -0.3 is 4.74 Å². The molecule has 0 aliphatic heterocycles. The van der Waals surface area contributed by atoms with Crippen molar-refractivity contribution >= 4 is 0 Å². The zero-order chi connectivity index (χ0) is 12.1. The van der Waals surface area contributed by atoms with E-state index in [1.165, 1.54) is 0 Å². The van der Waals surface area contributed by atoms with Crippen LogP contribution in [0.1, 0.15) is 30.9 Å². The molecule has 3 heteroatoms. The molecule has 0 aliphatic carbocycles. The van der Waals surface area contributed by atoms with Crippen LogP contribution in [0.4, 0.5) is 0 Å². The molecule has 0 unspecified atom stereocenters. The molecule has 0 bridgehead atoms. The summed E-state index contributed by atoms with van der Waals surface area (Å²) < 4.78 is 5.61. The van der Waals surface area contributed by atoms with Crippen molar-refractivity contribution in [3.63, 3.8) is 0 Å². The van der Waals surface area contributed by atoms with Crippen molar-refractivity contribution < 1.29 is 4.74 Å². The van der Waals surface area contributed by atoms with Crippen molar-refractivity contribution in [1.29, 1.82) is 0 Å². The van der Waals surface area contributed by atoms with Crippen LogP contribution in [0.5, 0.6) is 5.88 Å². The van der Waals surface area contributed by atoms with E-state index in [1.807, 2.05) is 36.4 Å². The van der Waals surface area contributed by atoms with E-state index in [0.717, 1.165) is 11.1 Å². The lowest BCUT2D eigenvalue weighted by Crippen LogP contribution is -2.00. The van der Waals surface area contributed by atoms with Gasteiger partial charge in [-0.2, -0.15) is 5.10 Å². The molecule has 0 amide bonds. The minimum absolute atomic E-state index is 0.435. The van der Waals surface area contributed by atoms with Gasteiger partial charge in [-0.25, -0.2) is 0 Å². The van der Waals surface area contributed by atoms with Crippen LogP contribution in [-0.4, -0.2) is 10.2 Å². The molecule has 0 saturated heterocycles. The average molecular weight is 228 g/mol. The van der Waals surface area contributed by atoms with Crippen LogP contribution in [0.2, 0.25) is 0 Å². The van der Waals surface area contributed by atoms with E-state index in [0.29, 0.717) is 18.4 Å². The summed E-state index contributed by atoms with van der Waals surface area (Å²) in [6.07, 6.45) is 1.78. The summed E-state index contributed by atoms with van der Waals surface area (Å²) >= 11 is 0. The molecule has 17 heavy (non-hydrogen) atoms. The number of ether oxygens (including phenoxy) is 1. The van der Waals surface area contributed by atoms with Crippen LogP contribution >= 0.6 is 0 Å². The van der Waals surface area contributed by atoms with Gasteiger partial charge in [-0.3, -0.25) is 0 Å². The van der Waals surface area contributed by atoms with Gasteiger partial charge in [0.2, 0.25) is 5.88 Å². The van der Waals surface area contributed by atoms with E-state index >= 15 is 0 Å². The predicted octanol–water partition coefficient (Wildman–Crippen LogP) is 3.18. The van der Waals surface area contributed by atoms with E-state index in [9.17, 15) is 0 Å². The lowest BCUT2D eigenvalue weighted by atomic mass is 10.1. The Kier molecular flexibility index (Phi) is 3.70. The first-order valence-electron chi connectivity index (χ1n) is 5.75. The number of rotatable bonds is 4. The Morgan fingerprint density at radius 1 is 1.18 bits per heavy atom. The third kappa shape index (κ3) is 3.28. The number of hydrogen-bond donors (Lipinski definition) is 0. The van der Waals surface area contributed by atoms with E-state index in [2.05, 4.69) is 24.0 Å². The van der Waals surface area contributed by atoms with Gasteiger partial charge in [0.1, 0.15) is 6.61 Å². The Hall–Kier alpha value is -1.90. The fourth-order valence-corrected chi connectivity index (χ4v) is 1.48. The lowest BCUT2D eigenvalue weighted by Gasteiger charge is -2.07. The molecule has 0 spiro atoms. The van der Waals surface area contributed by atoms with Crippen LogP contribution in [-0.2, 0) is 6.61 Å². The van der Waals surface area contributed by atoms with Crippen molar-refractivity contribution in [2.75, 3.05) is 0 Å². The molecule has 88 valence electrons. The second-order valence-electron chi connectivity index (χ2n) is 4.26. The van der Waals surface area contributed by atoms with Gasteiger partial charge in [-0.15, -0.1) is 5.10 Å². The van der Waals surface area contributed by atoms with Crippen LogP contribution in [0.15, 0.2) is 42.6 Å². The zero-order valence-electron chi connectivity index (χ0n) is 10.1. The van der Waals surface area contributed by atoms with Gasteiger partial charge in [0.05, 0.1) is 6.20 Å². The first-order chi connectivity index (χ1) is 8.25. The van der Waals surface area contributed by atoms with Gasteiger partial charge in [-0.1, -0.05) is 44.2 Å². The highest BCUT2D eigenvalue weighted by Crippen LogP contribution is 2.17. The van der Waals surface area contributed by atoms with E-state index < -0.39 is 0 Å². The molecule has 1 heterocycles. The summed E-state index contributed by atoms with van der Waals surface area (Å²) in [5.41, 5.74) is 2.27. The topological polar surface area (TPSA) is 35.0 Å². The largest absolute Gasteiger partial charge is 0.472 e. The van der Waals surface area contributed by atoms with E-state index in [4.69, 9.17) is 4.74 Å². The smallest absolute Gasteiger partial charge is 0.233 e. The van der Waals surface area contributed by atoms with Gasteiger partial charge in [-0.05, 0) is 17.0 Å². The number of hydrogen-bond acceptors (Lipinski definition) is 3. The van der Waals surface area contributed by atoms with E-state index in [-0.39, 0.29) is 0 Å². The maximum Gasteiger partial charge on any atom is 0.233 e. The van der Waals surface area contributed by atoms with Crippen LogP contribution in [0, 0.1) is 0 Å². The molecule has 2 aromatic rings. The standard InChI is InChI=1S/C14H16N2O/c1-11(2)13-8-14(16-15-9-13)17-10-12-6-4-3-5-7-12/h3-9,11H,10H2,1-2H3. The summed E-state index contributed by atoms with van der Waals surface area (Å²) in [4.78, 5) is 0. The van der Waals surface area contributed by atoms with Crippen molar-refractivity contribution in [2.24, 2.45) is 0 Å². The molecule has 0 aliphatic rings. The molecular weight excluding hydrogens is 212 g/mol. The first-order valence-corrected chi connectivity index (χ1v) is 5.75. The second kappa shape index (κ2) is 5.43. The summed E-state index contributed by atoms with van der Waals surface area (Å²) in [7, 11) is 0. The number of aromatic nitrogens is 2. The zero-order valence-corrected chi connectivity index (χ0v) is 10.1. The normalized spacial score (nSPS) is 10.5. The summed E-state index contributed by atoms with van der Waals surface area (Å²) in [6, 6.07) is 12.0.